The Morgan fingerprint density at radius 3 is 2.31 bits per heavy atom. The van der Waals surface area contributed by atoms with Gasteiger partial charge in [0.2, 0.25) is 0 Å². The van der Waals surface area contributed by atoms with E-state index in [1.165, 1.54) is 17.3 Å². The fourth-order valence-corrected chi connectivity index (χ4v) is 1.24. The minimum Gasteiger partial charge on any atom is -0.395 e. The molecule has 1 rings (SSSR count). The second kappa shape index (κ2) is 6.37. The van der Waals surface area contributed by atoms with Crippen LogP contribution in [-0.2, 0) is 0 Å². The van der Waals surface area contributed by atoms with Crippen LogP contribution >= 0.6 is 11.6 Å². The first kappa shape index (κ1) is 12.8. The van der Waals surface area contributed by atoms with Crippen molar-refractivity contribution in [2.45, 2.75) is 0 Å². The molecule has 0 atom stereocenters. The minimum absolute atomic E-state index is 0.131. The van der Waals surface area contributed by atoms with Gasteiger partial charge in [0.05, 0.1) is 25.6 Å². The van der Waals surface area contributed by atoms with E-state index in [4.69, 9.17) is 21.8 Å². The molecule has 0 saturated carbocycles. The minimum atomic E-state index is -0.396. The van der Waals surface area contributed by atoms with Crippen molar-refractivity contribution >= 4 is 17.5 Å². The zero-order valence-corrected chi connectivity index (χ0v) is 9.26. The van der Waals surface area contributed by atoms with Crippen LogP contribution in [0.2, 0.25) is 5.15 Å². The predicted molar refractivity (Wildman–Crippen MR) is 57.1 cm³/mol. The van der Waals surface area contributed by atoms with Gasteiger partial charge in [0.1, 0.15) is 10.8 Å². The van der Waals surface area contributed by atoms with E-state index >= 15 is 0 Å². The number of hydrogen-bond acceptors (Lipinski definition) is 5. The Morgan fingerprint density at radius 2 is 1.88 bits per heavy atom. The maximum absolute atomic E-state index is 11.8. The third-order valence-corrected chi connectivity index (χ3v) is 2.06. The van der Waals surface area contributed by atoms with Crippen LogP contribution < -0.4 is 0 Å². The smallest absolute Gasteiger partial charge is 0.274 e. The van der Waals surface area contributed by atoms with Crippen LogP contribution in [-0.4, -0.2) is 57.3 Å². The molecule has 1 amide bonds. The summed E-state index contributed by atoms with van der Waals surface area (Å²) in [6.07, 6.45) is 2.53. The number of nitrogens with zero attached hydrogens (tertiary/aromatic N) is 3. The maximum Gasteiger partial charge on any atom is 0.274 e. The Bertz CT molecular complexity index is 338. The summed E-state index contributed by atoms with van der Waals surface area (Å²) in [5.41, 5.74) is 0.131. The normalized spacial score (nSPS) is 10.2. The number of halogens is 1. The lowest BCUT2D eigenvalue weighted by atomic mass is 10.3. The van der Waals surface area contributed by atoms with Crippen molar-refractivity contribution in [1.82, 2.24) is 14.9 Å². The molecule has 6 nitrogen and oxygen atoms in total. The van der Waals surface area contributed by atoms with Crippen LogP contribution in [0.25, 0.3) is 0 Å². The number of aliphatic hydroxyl groups is 2. The largest absolute Gasteiger partial charge is 0.395 e. The van der Waals surface area contributed by atoms with E-state index in [-0.39, 0.29) is 37.2 Å². The fraction of sp³-hybridized carbons (Fsp3) is 0.444. The molecule has 16 heavy (non-hydrogen) atoms. The van der Waals surface area contributed by atoms with E-state index in [2.05, 4.69) is 9.97 Å². The first-order chi connectivity index (χ1) is 7.69. The van der Waals surface area contributed by atoms with Crippen LogP contribution in [0.15, 0.2) is 12.4 Å². The van der Waals surface area contributed by atoms with Crippen molar-refractivity contribution in [1.29, 1.82) is 0 Å². The Kier molecular flexibility index (Phi) is 5.10. The van der Waals surface area contributed by atoms with Gasteiger partial charge in [0, 0.05) is 13.1 Å². The summed E-state index contributed by atoms with van der Waals surface area (Å²) in [6.45, 7) is -0.0626. The van der Waals surface area contributed by atoms with Crippen molar-refractivity contribution in [3.05, 3.63) is 23.2 Å². The molecule has 7 heteroatoms. The zero-order valence-electron chi connectivity index (χ0n) is 8.51. The van der Waals surface area contributed by atoms with Gasteiger partial charge in [-0.1, -0.05) is 11.6 Å². The van der Waals surface area contributed by atoms with Gasteiger partial charge in [-0.15, -0.1) is 0 Å². The SMILES string of the molecule is O=C(c1cnc(Cl)cn1)N(CCO)CCO. The first-order valence-electron chi connectivity index (χ1n) is 4.67. The molecule has 0 saturated heterocycles. The molecule has 0 aliphatic heterocycles. The summed E-state index contributed by atoms with van der Waals surface area (Å²) in [7, 11) is 0. The number of rotatable bonds is 5. The molecule has 0 spiro atoms. The van der Waals surface area contributed by atoms with Crippen molar-refractivity contribution < 1.29 is 15.0 Å². The number of carbonyl (C=O) groups is 1. The van der Waals surface area contributed by atoms with Gasteiger partial charge in [0.25, 0.3) is 5.91 Å². The number of amides is 1. The molecule has 1 aromatic heterocycles. The van der Waals surface area contributed by atoms with E-state index < -0.39 is 5.91 Å². The Hall–Kier alpha value is -1.24. The van der Waals surface area contributed by atoms with Gasteiger partial charge in [0.15, 0.2) is 0 Å². The third-order valence-electron chi connectivity index (χ3n) is 1.87. The quantitative estimate of drug-likeness (QED) is 0.734. The summed E-state index contributed by atoms with van der Waals surface area (Å²) in [4.78, 5) is 20.6. The molecule has 0 unspecified atom stereocenters. The van der Waals surface area contributed by atoms with Gasteiger partial charge < -0.3 is 15.1 Å². The highest BCUT2D eigenvalue weighted by atomic mass is 35.5. The lowest BCUT2D eigenvalue weighted by Crippen LogP contribution is -2.36. The monoisotopic (exact) mass is 245 g/mol. The molecule has 1 heterocycles. The highest BCUT2D eigenvalue weighted by Crippen LogP contribution is 2.04. The molecule has 0 fully saturated rings. The van der Waals surface area contributed by atoms with E-state index in [0.29, 0.717) is 0 Å². The Balaban J connectivity index is 2.77. The van der Waals surface area contributed by atoms with E-state index in [1.54, 1.807) is 0 Å². The number of carbonyl (C=O) groups excluding carboxylic acids is 1. The van der Waals surface area contributed by atoms with Crippen LogP contribution in [0.1, 0.15) is 10.5 Å². The second-order valence-corrected chi connectivity index (χ2v) is 3.35. The highest BCUT2D eigenvalue weighted by Gasteiger charge is 2.16. The van der Waals surface area contributed by atoms with Crippen LogP contribution in [0.4, 0.5) is 0 Å². The maximum atomic E-state index is 11.8. The summed E-state index contributed by atoms with van der Waals surface area (Å²) in [5.74, 6) is -0.396. The average molecular weight is 246 g/mol. The first-order valence-corrected chi connectivity index (χ1v) is 5.05. The van der Waals surface area contributed by atoms with Crippen LogP contribution in [0, 0.1) is 0 Å². The molecule has 2 N–H and O–H groups in total. The molecular formula is C9H12ClN3O3. The molecule has 1 aromatic rings. The molecule has 0 radical (unpaired) electrons. The number of aliphatic hydroxyl groups excluding tert-OH is 2. The molecule has 0 aromatic carbocycles. The van der Waals surface area contributed by atoms with Gasteiger partial charge >= 0.3 is 0 Å². The molecular weight excluding hydrogens is 234 g/mol. The van der Waals surface area contributed by atoms with Crippen molar-refractivity contribution in [2.24, 2.45) is 0 Å². The lowest BCUT2D eigenvalue weighted by molar-refractivity contribution is 0.0678. The van der Waals surface area contributed by atoms with Gasteiger partial charge in [-0.05, 0) is 0 Å². The zero-order chi connectivity index (χ0) is 12.0. The standard InChI is InChI=1S/C9H12ClN3O3/c10-8-6-11-7(5-12-8)9(16)13(1-3-14)2-4-15/h5-6,14-15H,1-4H2. The topological polar surface area (TPSA) is 86.6 Å². The Morgan fingerprint density at radius 1 is 1.25 bits per heavy atom. The third kappa shape index (κ3) is 3.41. The summed E-state index contributed by atoms with van der Waals surface area (Å²) in [6, 6.07) is 0. The fourth-order valence-electron chi connectivity index (χ4n) is 1.14. The molecule has 0 aliphatic rings. The van der Waals surface area contributed by atoms with Gasteiger partial charge in [-0.3, -0.25) is 4.79 Å². The average Bonchev–Trinajstić information content (AvgIpc) is 2.29. The van der Waals surface area contributed by atoms with Crippen LogP contribution in [0.5, 0.6) is 0 Å². The summed E-state index contributed by atoms with van der Waals surface area (Å²) >= 11 is 5.54. The van der Waals surface area contributed by atoms with Gasteiger partial charge in [-0.2, -0.15) is 0 Å². The highest BCUT2D eigenvalue weighted by molar-refractivity contribution is 6.29. The van der Waals surface area contributed by atoms with Crippen LogP contribution in [0.3, 0.4) is 0 Å². The predicted octanol–water partition coefficient (Wildman–Crippen LogP) is -0.443. The van der Waals surface area contributed by atoms with E-state index in [9.17, 15) is 4.79 Å². The second-order valence-electron chi connectivity index (χ2n) is 2.96. The lowest BCUT2D eigenvalue weighted by Gasteiger charge is -2.19. The molecule has 0 aliphatic carbocycles. The molecule has 88 valence electrons. The summed E-state index contributed by atoms with van der Waals surface area (Å²) < 4.78 is 0. The van der Waals surface area contributed by atoms with Gasteiger partial charge in [-0.25, -0.2) is 9.97 Å². The van der Waals surface area contributed by atoms with E-state index in [1.807, 2.05) is 0 Å². The number of aromatic nitrogens is 2. The van der Waals surface area contributed by atoms with Crippen molar-refractivity contribution in [3.8, 4) is 0 Å². The van der Waals surface area contributed by atoms with Crippen molar-refractivity contribution in [3.63, 3.8) is 0 Å². The van der Waals surface area contributed by atoms with E-state index in [0.717, 1.165) is 0 Å². The summed E-state index contributed by atoms with van der Waals surface area (Å²) in [5, 5.41) is 17.7. The number of hydrogen-bond donors (Lipinski definition) is 2. The Labute approximate surface area is 97.5 Å². The molecule has 0 bridgehead atoms. The van der Waals surface area contributed by atoms with Crippen molar-refractivity contribution in [2.75, 3.05) is 26.3 Å².